The van der Waals surface area contributed by atoms with Crippen LogP contribution in [0.2, 0.25) is 10.0 Å². The summed E-state index contributed by atoms with van der Waals surface area (Å²) in [5.41, 5.74) is 4.77. The fourth-order valence-electron chi connectivity index (χ4n) is 1.98. The first-order valence-electron chi connectivity index (χ1n) is 5.99. The molecule has 0 N–H and O–H groups in total. The van der Waals surface area contributed by atoms with Gasteiger partial charge in [0.25, 0.3) is 0 Å². The smallest absolute Gasteiger partial charge is 0.0406 e. The van der Waals surface area contributed by atoms with Gasteiger partial charge in [0, 0.05) is 10.0 Å². The summed E-state index contributed by atoms with van der Waals surface area (Å²) in [4.78, 5) is 0. The van der Waals surface area contributed by atoms with Crippen molar-refractivity contribution in [3.05, 3.63) is 80.5 Å². The molecule has 1 aliphatic heterocycles. The van der Waals surface area contributed by atoms with Crippen LogP contribution >= 0.6 is 44.8 Å². The zero-order valence-corrected chi connectivity index (χ0v) is 13.5. The van der Waals surface area contributed by atoms with E-state index in [9.17, 15) is 0 Å². The first-order chi connectivity index (χ1) is 9.74. The lowest BCUT2D eigenvalue weighted by molar-refractivity contribution is 1.59. The van der Waals surface area contributed by atoms with Crippen molar-refractivity contribution in [3.8, 4) is 0 Å². The van der Waals surface area contributed by atoms with Crippen molar-refractivity contribution in [1.82, 2.24) is 0 Å². The van der Waals surface area contributed by atoms with Crippen LogP contribution in [-0.4, -0.2) is 0 Å². The minimum absolute atomic E-state index is 0.754. The van der Waals surface area contributed by atoms with Crippen molar-refractivity contribution >= 4 is 55.9 Å². The van der Waals surface area contributed by atoms with E-state index >= 15 is 0 Å². The highest BCUT2D eigenvalue weighted by Gasteiger charge is 2.14. The molecule has 20 heavy (non-hydrogen) atoms. The molecule has 0 amide bonds. The van der Waals surface area contributed by atoms with Crippen molar-refractivity contribution in [2.75, 3.05) is 0 Å². The molecule has 0 aliphatic carbocycles. The highest BCUT2D eigenvalue weighted by atomic mass is 35.5. The van der Waals surface area contributed by atoms with E-state index in [-0.39, 0.29) is 0 Å². The van der Waals surface area contributed by atoms with E-state index in [1.165, 1.54) is 22.3 Å². The van der Waals surface area contributed by atoms with Gasteiger partial charge in [0.1, 0.15) is 0 Å². The lowest BCUT2D eigenvalue weighted by Gasteiger charge is -2.16. The molecule has 0 aromatic heterocycles. The van der Waals surface area contributed by atoms with E-state index in [0.717, 1.165) is 10.0 Å². The van der Waals surface area contributed by atoms with E-state index in [2.05, 4.69) is 35.1 Å². The Morgan fingerprint density at radius 1 is 0.550 bits per heavy atom. The molecule has 4 heteroatoms. The van der Waals surface area contributed by atoms with Gasteiger partial charge in [0.15, 0.2) is 0 Å². The maximum Gasteiger partial charge on any atom is 0.0406 e. The lowest BCUT2D eigenvalue weighted by Crippen LogP contribution is -1.91. The third-order valence-electron chi connectivity index (χ3n) is 2.99. The van der Waals surface area contributed by atoms with Crippen LogP contribution in [0.15, 0.2) is 59.3 Å². The molecular weight excluding hydrogens is 327 g/mol. The zero-order valence-electron chi connectivity index (χ0n) is 10.3. The molecule has 100 valence electrons. The van der Waals surface area contributed by atoms with E-state index in [4.69, 9.17) is 23.2 Å². The zero-order chi connectivity index (χ0) is 13.9. The van der Waals surface area contributed by atoms with Gasteiger partial charge in [-0.15, -0.1) is 0 Å². The average molecular weight is 337 g/mol. The Labute approximate surface area is 136 Å². The molecule has 2 aromatic carbocycles. The second kappa shape index (κ2) is 6.31. The predicted octanol–water partition coefficient (Wildman–Crippen LogP) is 6.77. The number of halogens is 2. The van der Waals surface area contributed by atoms with Gasteiger partial charge in [0.2, 0.25) is 0 Å². The van der Waals surface area contributed by atoms with Crippen molar-refractivity contribution < 1.29 is 0 Å². The predicted molar refractivity (Wildman–Crippen MR) is 94.0 cm³/mol. The summed E-state index contributed by atoms with van der Waals surface area (Å²) in [6, 6.07) is 15.9. The van der Waals surface area contributed by atoms with E-state index < -0.39 is 0 Å². The largest absolute Gasteiger partial charge is 0.0843 e. The van der Waals surface area contributed by atoms with Crippen LogP contribution in [0.5, 0.6) is 0 Å². The number of rotatable bonds is 2. The minimum Gasteiger partial charge on any atom is -0.0843 e. The van der Waals surface area contributed by atoms with Gasteiger partial charge in [-0.25, -0.2) is 0 Å². The highest BCUT2D eigenvalue weighted by Crippen LogP contribution is 2.43. The van der Waals surface area contributed by atoms with Crippen LogP contribution in [0.25, 0.3) is 11.1 Å². The summed E-state index contributed by atoms with van der Waals surface area (Å²) < 4.78 is 0. The molecule has 0 unspecified atom stereocenters. The SMILES string of the molecule is Clc1ccc(C2=CSSC=C2c2ccc(Cl)cc2)cc1. The molecular formula is C16H10Cl2S2. The molecule has 0 fully saturated rings. The van der Waals surface area contributed by atoms with Crippen LogP contribution in [-0.2, 0) is 0 Å². The van der Waals surface area contributed by atoms with Crippen molar-refractivity contribution in [2.24, 2.45) is 0 Å². The molecule has 3 rings (SSSR count). The Morgan fingerprint density at radius 2 is 0.900 bits per heavy atom. The summed E-state index contributed by atoms with van der Waals surface area (Å²) in [6.07, 6.45) is 0. The Balaban J connectivity index is 2.01. The maximum atomic E-state index is 5.96. The van der Waals surface area contributed by atoms with Crippen molar-refractivity contribution in [1.29, 1.82) is 0 Å². The Hall–Kier alpha value is -0.800. The molecule has 0 saturated heterocycles. The Bertz CT molecular complexity index is 609. The molecule has 0 atom stereocenters. The lowest BCUT2D eigenvalue weighted by atomic mass is 9.95. The van der Waals surface area contributed by atoms with Crippen LogP contribution < -0.4 is 0 Å². The molecule has 0 bridgehead atoms. The fourth-order valence-corrected chi connectivity index (χ4v) is 3.98. The molecule has 0 radical (unpaired) electrons. The van der Waals surface area contributed by atoms with Crippen molar-refractivity contribution in [3.63, 3.8) is 0 Å². The summed E-state index contributed by atoms with van der Waals surface area (Å²) >= 11 is 11.9. The van der Waals surface area contributed by atoms with Gasteiger partial charge in [-0.2, -0.15) is 0 Å². The van der Waals surface area contributed by atoms with Crippen molar-refractivity contribution in [2.45, 2.75) is 0 Å². The molecule has 0 nitrogen and oxygen atoms in total. The van der Waals surface area contributed by atoms with Crippen LogP contribution in [0.3, 0.4) is 0 Å². The van der Waals surface area contributed by atoms with Crippen LogP contribution in [0.1, 0.15) is 11.1 Å². The molecule has 2 aromatic rings. The van der Waals surface area contributed by atoms with E-state index in [1.807, 2.05) is 24.3 Å². The number of benzene rings is 2. The number of hydrogen-bond donors (Lipinski definition) is 0. The molecule has 0 spiro atoms. The molecule has 1 heterocycles. The number of allylic oxidation sites excluding steroid dienone is 2. The minimum atomic E-state index is 0.754. The second-order valence-corrected chi connectivity index (χ2v) is 7.15. The van der Waals surface area contributed by atoms with Crippen LogP contribution in [0, 0.1) is 0 Å². The van der Waals surface area contributed by atoms with Gasteiger partial charge in [-0.05, 0) is 57.4 Å². The third kappa shape index (κ3) is 3.09. The third-order valence-corrected chi connectivity index (χ3v) is 5.18. The van der Waals surface area contributed by atoms with Gasteiger partial charge in [-0.3, -0.25) is 0 Å². The standard InChI is InChI=1S/C16H10Cl2S2/c17-13-5-1-11(2-6-13)15-9-19-20-10-16(15)12-3-7-14(18)8-4-12/h1-10H. The Kier molecular flexibility index (Phi) is 4.47. The normalized spacial score (nSPS) is 14.7. The summed E-state index contributed by atoms with van der Waals surface area (Å²) in [7, 11) is 3.45. The van der Waals surface area contributed by atoms with E-state index in [0.29, 0.717) is 0 Å². The number of hydrogen-bond acceptors (Lipinski definition) is 2. The first kappa shape index (κ1) is 14.2. The maximum absolute atomic E-state index is 5.96. The topological polar surface area (TPSA) is 0 Å². The first-order valence-corrected chi connectivity index (χ1v) is 9.02. The fraction of sp³-hybridized carbons (Fsp3) is 0. The van der Waals surface area contributed by atoms with Gasteiger partial charge < -0.3 is 0 Å². The Morgan fingerprint density at radius 3 is 1.25 bits per heavy atom. The van der Waals surface area contributed by atoms with Gasteiger partial charge in [-0.1, -0.05) is 69.1 Å². The van der Waals surface area contributed by atoms with Crippen LogP contribution in [0.4, 0.5) is 0 Å². The van der Waals surface area contributed by atoms with Gasteiger partial charge >= 0.3 is 0 Å². The summed E-state index contributed by atoms with van der Waals surface area (Å²) in [5, 5.41) is 5.86. The van der Waals surface area contributed by atoms with Gasteiger partial charge in [0.05, 0.1) is 0 Å². The molecule has 1 aliphatic rings. The monoisotopic (exact) mass is 336 g/mol. The summed E-state index contributed by atoms with van der Waals surface area (Å²) in [6.45, 7) is 0. The highest BCUT2D eigenvalue weighted by molar-refractivity contribution is 8.79. The molecule has 0 saturated carbocycles. The van der Waals surface area contributed by atoms with E-state index in [1.54, 1.807) is 21.6 Å². The second-order valence-electron chi connectivity index (χ2n) is 4.27. The summed E-state index contributed by atoms with van der Waals surface area (Å²) in [5.74, 6) is 0. The quantitative estimate of drug-likeness (QED) is 0.555. The average Bonchev–Trinajstić information content (AvgIpc) is 2.49.